The number of amides is 10. The molecule has 3 aromatic heterocycles. The summed E-state index contributed by atoms with van der Waals surface area (Å²) in [7, 11) is -4.77. The summed E-state index contributed by atoms with van der Waals surface area (Å²) in [6, 6.07) is 20.1. The second-order valence-electron chi connectivity index (χ2n) is 30.0. The van der Waals surface area contributed by atoms with Crippen molar-refractivity contribution in [1.29, 1.82) is 0 Å². The van der Waals surface area contributed by atoms with E-state index in [0.29, 0.717) is 90.6 Å². The van der Waals surface area contributed by atoms with Gasteiger partial charge in [0.05, 0.1) is 56.2 Å². The first-order chi connectivity index (χ1) is 50.9. The van der Waals surface area contributed by atoms with Gasteiger partial charge in [-0.25, -0.2) is 28.0 Å². The Labute approximate surface area is 623 Å². The maximum atomic E-state index is 13.9. The molecule has 12 rings (SSSR count). The first-order valence-electron chi connectivity index (χ1n) is 36.0. The topological polar surface area (TPSA) is 421 Å². The summed E-state index contributed by atoms with van der Waals surface area (Å²) in [5, 5.41) is 34.8. The number of aromatic nitrogens is 4. The number of pyridine rings is 1. The number of unbranched alkanes of at least 4 members (excludes halogenated alkanes) is 2. The summed E-state index contributed by atoms with van der Waals surface area (Å²) in [5.41, 5.74) is 9.34. The molecule has 5 heterocycles. The predicted octanol–water partition coefficient (Wildman–Crippen LogP) is 5.98. The van der Waals surface area contributed by atoms with Crippen LogP contribution in [0.1, 0.15) is 148 Å². The molecule has 2 unspecified atom stereocenters. The molecule has 10 amide bonds. The van der Waals surface area contributed by atoms with Crippen molar-refractivity contribution in [3.8, 4) is 11.1 Å². The minimum absolute atomic E-state index is 0.00575. The standard InChI is InChI=1S/C75H92N14O16S2/c1-46(2)63(84-59(90)18-7-6-10-28-77-60(91)37-88-61(92)25-26-62(88)93)67(96)81-56(16-12-29-78-69(76)99)66(95)80-50-21-19-48(20-22-50)38-104-71(100)86(32-34-107(101,102)103)31-33-105-75-42-72(4)39-73(5,43-75)41-74(40-72,44-75)45-89-47(3)53(35-79-89)51-23-24-58(83-64(51)68(97)98)87-30-27-49-13-11-14-52(54(49)36-87)65(94)85-70-82-55-15-8-9-17-57(55)106-70/h8-9,11,13-15,17,19-26,35,46,56,63H,6-7,10,12,16,18,27-34,36-45H2,1-5H3,(H,77,91)(H,80,95)(H,81,96)(H,84,90)(H,97,98)(H3,76,78,99)(H,82,85,94)(H,101,102,103)/p-2/t56-,63-,72?,73?,74?,75?/m0/s1. The normalized spacial score (nSPS) is 20.5. The Morgan fingerprint density at radius 1 is 0.776 bits per heavy atom. The van der Waals surface area contributed by atoms with Crippen molar-refractivity contribution in [3.63, 3.8) is 0 Å². The molecule has 4 saturated carbocycles. The number of aromatic carboxylic acids is 1. The number of para-hydroxylation sites is 1. The maximum Gasteiger partial charge on any atom is 0.410 e. The third-order valence-electron chi connectivity index (χ3n) is 20.7. The van der Waals surface area contributed by atoms with Crippen LogP contribution in [0.4, 0.5) is 26.2 Å². The predicted molar refractivity (Wildman–Crippen MR) is 393 cm³/mol. The highest BCUT2D eigenvalue weighted by molar-refractivity contribution is 7.85. The molecule has 0 radical (unpaired) electrons. The molecule has 4 fully saturated rings. The highest BCUT2D eigenvalue weighted by atomic mass is 32.2. The fourth-order valence-electron chi connectivity index (χ4n) is 16.9. The van der Waals surface area contributed by atoms with Gasteiger partial charge in [-0.3, -0.25) is 48.5 Å². The number of carboxylic acids is 1. The molecule has 4 atom stereocenters. The van der Waals surface area contributed by atoms with Crippen molar-refractivity contribution in [2.75, 3.05) is 67.2 Å². The minimum atomic E-state index is -4.77. The lowest BCUT2D eigenvalue weighted by Gasteiger charge is -2.69. The number of nitrogens with zero attached hydrogens (tertiary/aromatic N) is 7. The number of fused-ring (bicyclic) bond motifs is 2. The number of rotatable bonds is 34. The summed E-state index contributed by atoms with van der Waals surface area (Å²) < 4.78 is 51.6. The van der Waals surface area contributed by atoms with Crippen LogP contribution in [0.3, 0.4) is 0 Å². The molecule has 0 spiro atoms. The monoisotopic (exact) mass is 1510 g/mol. The number of hydrogen-bond donors (Lipinski definition) is 7. The highest BCUT2D eigenvalue weighted by Gasteiger charge is 2.66. The fraction of sp³-hybridized carbons (Fsp3) is 0.480. The van der Waals surface area contributed by atoms with Crippen molar-refractivity contribution in [2.24, 2.45) is 27.9 Å². The van der Waals surface area contributed by atoms with Crippen LogP contribution in [-0.2, 0) is 74.5 Å². The summed E-state index contributed by atoms with van der Waals surface area (Å²) in [6.45, 7) is 10.3. The Bertz CT molecular complexity index is 4490. The molecule has 570 valence electrons. The van der Waals surface area contributed by atoms with Gasteiger partial charge < -0.3 is 66.0 Å². The van der Waals surface area contributed by atoms with Gasteiger partial charge in [0.1, 0.15) is 31.1 Å². The Balaban J connectivity index is 0.682. The van der Waals surface area contributed by atoms with Gasteiger partial charge in [-0.15, -0.1) is 0 Å². The van der Waals surface area contributed by atoms with Crippen LogP contribution >= 0.6 is 11.3 Å². The number of thiazole rings is 1. The number of carbonyl (C=O) groups is 10. The first kappa shape index (κ1) is 77.9. The number of nitrogens with two attached hydrogens (primary N) is 1. The molecular formula is C75H90N14O16S2-2. The Morgan fingerprint density at radius 2 is 1.50 bits per heavy atom. The van der Waals surface area contributed by atoms with Crippen LogP contribution in [0.15, 0.2) is 97.2 Å². The van der Waals surface area contributed by atoms with Crippen molar-refractivity contribution in [2.45, 2.75) is 155 Å². The molecular weight excluding hydrogens is 1420 g/mol. The zero-order chi connectivity index (χ0) is 76.6. The molecule has 6 aliphatic rings. The van der Waals surface area contributed by atoms with Gasteiger partial charge in [0.2, 0.25) is 23.6 Å². The molecule has 2 aliphatic heterocycles. The van der Waals surface area contributed by atoms with Crippen LogP contribution in [0, 0.1) is 29.1 Å². The van der Waals surface area contributed by atoms with E-state index >= 15 is 0 Å². The Morgan fingerprint density at radius 3 is 2.21 bits per heavy atom. The largest absolute Gasteiger partial charge is 0.748 e. The number of ether oxygens (including phenoxy) is 2. The number of anilines is 3. The maximum absolute atomic E-state index is 13.9. The van der Waals surface area contributed by atoms with Crippen molar-refractivity contribution in [1.82, 2.24) is 50.8 Å². The number of carbonyl (C=O) groups excluding carboxylic acids is 10. The summed E-state index contributed by atoms with van der Waals surface area (Å²) >= 11 is 1.39. The van der Waals surface area contributed by atoms with E-state index in [4.69, 9.17) is 25.3 Å². The van der Waals surface area contributed by atoms with E-state index in [1.807, 2.05) is 52.9 Å². The molecule has 4 bridgehead atoms. The van der Waals surface area contributed by atoms with E-state index in [9.17, 15) is 66.0 Å². The van der Waals surface area contributed by atoms with E-state index < -0.39 is 106 Å². The van der Waals surface area contributed by atoms with Gasteiger partial charge in [0, 0.05) is 92.5 Å². The summed E-state index contributed by atoms with van der Waals surface area (Å²) in [5.74, 6) is -5.91. The lowest BCUT2D eigenvalue weighted by molar-refractivity contribution is -0.255. The molecule has 0 saturated heterocycles. The van der Waals surface area contributed by atoms with E-state index in [1.54, 1.807) is 62.5 Å². The third kappa shape index (κ3) is 19.5. The number of benzene rings is 3. The van der Waals surface area contributed by atoms with Gasteiger partial charge in [-0.05, 0) is 159 Å². The number of nitrogens with one attached hydrogen (secondary N) is 6. The van der Waals surface area contributed by atoms with E-state index in [2.05, 4.69) is 50.7 Å². The minimum Gasteiger partial charge on any atom is -0.748 e. The number of primary amides is 1. The SMILES string of the molecule is Cc1c(-c2ccc(N3CCc4cccc(C(=O)Nc5nc6ccccc6s5)c4C3)nc2C(=O)[O-])cnn1CC12CC3(C)CC(C)(C1)CC(OCCN(CCS(=O)(=O)[O-])C(=O)OCc1ccc(NC(=O)[C@H](CCCNC(N)=O)NC(=O)[C@@H](NC(=O)CCCCCNC(=O)CN4C(=O)C=CC4=O)C(C)C)cc1)(C3)C2. The van der Waals surface area contributed by atoms with Crippen molar-refractivity contribution in [3.05, 3.63) is 131 Å². The second-order valence-corrected chi connectivity index (χ2v) is 32.5. The summed E-state index contributed by atoms with van der Waals surface area (Å²) in [4.78, 5) is 142. The number of hydrogen-bond acceptors (Lipinski definition) is 21. The van der Waals surface area contributed by atoms with Gasteiger partial charge in [-0.2, -0.15) is 5.10 Å². The number of urea groups is 1. The van der Waals surface area contributed by atoms with Crippen molar-refractivity contribution >= 4 is 108 Å². The van der Waals surface area contributed by atoms with Gasteiger partial charge in [-0.1, -0.05) is 81.9 Å². The van der Waals surface area contributed by atoms with Crippen LogP contribution in [0.2, 0.25) is 0 Å². The summed E-state index contributed by atoms with van der Waals surface area (Å²) in [6.07, 6.45) is 10.2. The van der Waals surface area contributed by atoms with E-state index in [0.717, 1.165) is 81.1 Å². The Hall–Kier alpha value is -10.2. The van der Waals surface area contributed by atoms with Gasteiger partial charge >= 0.3 is 12.1 Å². The second kappa shape index (κ2) is 32.9. The van der Waals surface area contributed by atoms with Crippen LogP contribution in [-0.4, -0.2) is 171 Å². The van der Waals surface area contributed by atoms with Crippen molar-refractivity contribution < 1.29 is 75.5 Å². The van der Waals surface area contributed by atoms with Gasteiger partial charge in [0.25, 0.3) is 17.7 Å². The quantitative estimate of drug-likeness (QED) is 0.0139. The van der Waals surface area contributed by atoms with Crippen LogP contribution < -0.4 is 47.6 Å². The average Bonchev–Trinajstić information content (AvgIpc) is 0.912. The third-order valence-corrected chi connectivity index (χ3v) is 22.3. The lowest BCUT2D eigenvalue weighted by atomic mass is 9.39. The molecule has 6 aromatic rings. The van der Waals surface area contributed by atoms with E-state index in [-0.39, 0.29) is 80.0 Å². The van der Waals surface area contributed by atoms with Gasteiger partial charge in [0.15, 0.2) is 5.13 Å². The van der Waals surface area contributed by atoms with E-state index in [1.165, 1.54) is 11.3 Å². The molecule has 4 aliphatic carbocycles. The zero-order valence-electron chi connectivity index (χ0n) is 60.5. The molecule has 3 aromatic carbocycles. The smallest absolute Gasteiger partial charge is 0.410 e. The fourth-order valence-corrected chi connectivity index (χ4v) is 18.2. The van der Waals surface area contributed by atoms with Crippen LogP contribution in [0.5, 0.6) is 0 Å². The number of carboxylic acid groups (broad SMARTS) is 1. The molecule has 107 heavy (non-hydrogen) atoms. The number of imide groups is 1. The average molecular weight is 1510 g/mol. The van der Waals surface area contributed by atoms with Crippen LogP contribution in [0.25, 0.3) is 21.3 Å². The highest BCUT2D eigenvalue weighted by Crippen LogP contribution is 2.72. The first-order valence-corrected chi connectivity index (χ1v) is 38.4. The Kier molecular flexibility index (Phi) is 24.0. The zero-order valence-corrected chi connectivity index (χ0v) is 62.1. The molecule has 30 nitrogen and oxygen atoms in total. The lowest BCUT2D eigenvalue weighted by Crippen LogP contribution is -2.64. The molecule has 32 heteroatoms. The molecule has 8 N–H and O–H groups in total.